The third-order valence-electron chi connectivity index (χ3n) is 2.53. The summed E-state index contributed by atoms with van der Waals surface area (Å²) in [4.78, 5) is 4.32. The highest BCUT2D eigenvalue weighted by atomic mass is 35.5. The SMILES string of the molecule is Clc1nc2ccccc2n1-c1ccccc1. The van der Waals surface area contributed by atoms with Crippen molar-refractivity contribution in [3.8, 4) is 5.69 Å². The van der Waals surface area contributed by atoms with Crippen LogP contribution in [0.15, 0.2) is 54.6 Å². The number of fused-ring (bicyclic) bond motifs is 1. The summed E-state index contributed by atoms with van der Waals surface area (Å²) < 4.78 is 1.94. The minimum Gasteiger partial charge on any atom is -0.283 e. The average molecular weight is 229 g/mol. The fourth-order valence-corrected chi connectivity index (χ4v) is 2.10. The summed E-state index contributed by atoms with van der Waals surface area (Å²) in [6.07, 6.45) is 0. The van der Waals surface area contributed by atoms with Crippen LogP contribution < -0.4 is 0 Å². The van der Waals surface area contributed by atoms with Crippen molar-refractivity contribution in [2.24, 2.45) is 0 Å². The van der Waals surface area contributed by atoms with E-state index in [4.69, 9.17) is 11.6 Å². The van der Waals surface area contributed by atoms with Gasteiger partial charge in [0.05, 0.1) is 11.0 Å². The van der Waals surface area contributed by atoms with Gasteiger partial charge in [0.1, 0.15) is 0 Å². The molecule has 3 aromatic rings. The molecule has 3 heteroatoms. The Morgan fingerprint density at radius 3 is 2.38 bits per heavy atom. The van der Waals surface area contributed by atoms with Crippen molar-refractivity contribution < 1.29 is 0 Å². The van der Waals surface area contributed by atoms with Gasteiger partial charge in [0.15, 0.2) is 0 Å². The van der Waals surface area contributed by atoms with Crippen molar-refractivity contribution in [1.29, 1.82) is 0 Å². The summed E-state index contributed by atoms with van der Waals surface area (Å²) in [5.41, 5.74) is 2.97. The predicted octanol–water partition coefficient (Wildman–Crippen LogP) is 3.68. The second kappa shape index (κ2) is 3.65. The maximum atomic E-state index is 6.15. The lowest BCUT2D eigenvalue weighted by Gasteiger charge is -2.04. The number of rotatable bonds is 1. The number of halogens is 1. The summed E-state index contributed by atoms with van der Waals surface area (Å²) in [5, 5.41) is 0.493. The molecule has 0 aliphatic carbocycles. The normalized spacial score (nSPS) is 10.8. The fraction of sp³-hybridized carbons (Fsp3) is 0. The average Bonchev–Trinajstić information content (AvgIpc) is 2.66. The highest BCUT2D eigenvalue weighted by Crippen LogP contribution is 2.23. The van der Waals surface area contributed by atoms with Crippen LogP contribution in [0.1, 0.15) is 0 Å². The molecular formula is C13H9ClN2. The molecule has 0 unspecified atom stereocenters. The smallest absolute Gasteiger partial charge is 0.208 e. The summed E-state index contributed by atoms with van der Waals surface area (Å²) in [6.45, 7) is 0. The molecule has 0 N–H and O–H groups in total. The number of para-hydroxylation sites is 3. The van der Waals surface area contributed by atoms with E-state index >= 15 is 0 Å². The largest absolute Gasteiger partial charge is 0.283 e. The molecule has 0 amide bonds. The Labute approximate surface area is 98.1 Å². The van der Waals surface area contributed by atoms with Crippen LogP contribution in [0.4, 0.5) is 0 Å². The molecule has 2 nitrogen and oxygen atoms in total. The lowest BCUT2D eigenvalue weighted by molar-refractivity contribution is 1.09. The zero-order valence-corrected chi connectivity index (χ0v) is 9.22. The van der Waals surface area contributed by atoms with Crippen molar-refractivity contribution >= 4 is 22.6 Å². The molecule has 2 aromatic carbocycles. The van der Waals surface area contributed by atoms with Gasteiger partial charge in [-0.15, -0.1) is 0 Å². The zero-order chi connectivity index (χ0) is 11.0. The van der Waals surface area contributed by atoms with Gasteiger partial charge < -0.3 is 0 Å². The van der Waals surface area contributed by atoms with E-state index < -0.39 is 0 Å². The van der Waals surface area contributed by atoms with Crippen molar-refractivity contribution in [1.82, 2.24) is 9.55 Å². The molecule has 16 heavy (non-hydrogen) atoms. The summed E-state index contributed by atoms with van der Waals surface area (Å²) >= 11 is 6.15. The second-order valence-electron chi connectivity index (χ2n) is 3.54. The van der Waals surface area contributed by atoms with Crippen LogP contribution in [0.3, 0.4) is 0 Å². The van der Waals surface area contributed by atoms with Crippen molar-refractivity contribution in [3.63, 3.8) is 0 Å². The topological polar surface area (TPSA) is 17.8 Å². The first-order chi connectivity index (χ1) is 7.86. The van der Waals surface area contributed by atoms with E-state index in [1.165, 1.54) is 0 Å². The van der Waals surface area contributed by atoms with Crippen LogP contribution in [-0.4, -0.2) is 9.55 Å². The monoisotopic (exact) mass is 228 g/mol. The van der Waals surface area contributed by atoms with Gasteiger partial charge >= 0.3 is 0 Å². The van der Waals surface area contributed by atoms with Crippen LogP contribution in [0.5, 0.6) is 0 Å². The molecule has 1 heterocycles. The van der Waals surface area contributed by atoms with Crippen LogP contribution in [0.25, 0.3) is 16.7 Å². The minimum absolute atomic E-state index is 0.493. The Kier molecular flexibility index (Phi) is 2.15. The third kappa shape index (κ3) is 1.39. The van der Waals surface area contributed by atoms with Gasteiger partial charge in [-0.1, -0.05) is 30.3 Å². The molecule has 0 fully saturated rings. The van der Waals surface area contributed by atoms with Gasteiger partial charge in [-0.25, -0.2) is 4.98 Å². The maximum absolute atomic E-state index is 6.15. The number of nitrogens with zero attached hydrogens (tertiary/aromatic N) is 2. The number of benzene rings is 2. The Morgan fingerprint density at radius 2 is 1.56 bits per heavy atom. The molecule has 0 saturated carbocycles. The zero-order valence-electron chi connectivity index (χ0n) is 8.47. The first-order valence-electron chi connectivity index (χ1n) is 5.05. The Hall–Kier alpha value is -1.80. The first-order valence-corrected chi connectivity index (χ1v) is 5.42. The fourth-order valence-electron chi connectivity index (χ4n) is 1.82. The standard InChI is InChI=1S/C13H9ClN2/c14-13-15-11-8-4-5-9-12(11)16(13)10-6-2-1-3-7-10/h1-9H. The summed E-state index contributed by atoms with van der Waals surface area (Å²) in [7, 11) is 0. The van der Waals surface area contributed by atoms with E-state index in [0.717, 1.165) is 16.7 Å². The predicted molar refractivity (Wildman–Crippen MR) is 66.1 cm³/mol. The molecule has 3 rings (SSSR count). The molecule has 0 radical (unpaired) electrons. The minimum atomic E-state index is 0.493. The quantitative estimate of drug-likeness (QED) is 0.621. The van der Waals surface area contributed by atoms with E-state index in [9.17, 15) is 0 Å². The van der Waals surface area contributed by atoms with Crippen molar-refractivity contribution in [2.75, 3.05) is 0 Å². The highest BCUT2D eigenvalue weighted by molar-refractivity contribution is 6.29. The van der Waals surface area contributed by atoms with Gasteiger partial charge in [-0.2, -0.15) is 0 Å². The second-order valence-corrected chi connectivity index (χ2v) is 3.88. The molecule has 0 aliphatic heterocycles. The van der Waals surface area contributed by atoms with Crippen LogP contribution in [0.2, 0.25) is 5.28 Å². The van der Waals surface area contributed by atoms with E-state index in [1.54, 1.807) is 0 Å². The lowest BCUT2D eigenvalue weighted by Crippen LogP contribution is -1.92. The molecule has 0 atom stereocenters. The number of hydrogen-bond acceptors (Lipinski definition) is 1. The summed E-state index contributed by atoms with van der Waals surface area (Å²) in [5.74, 6) is 0. The number of aromatic nitrogens is 2. The Bertz CT molecular complexity index is 629. The molecule has 1 aromatic heterocycles. The molecular weight excluding hydrogens is 220 g/mol. The third-order valence-corrected chi connectivity index (χ3v) is 2.79. The lowest BCUT2D eigenvalue weighted by atomic mass is 10.3. The molecule has 78 valence electrons. The van der Waals surface area contributed by atoms with Crippen LogP contribution in [-0.2, 0) is 0 Å². The molecule has 0 spiro atoms. The van der Waals surface area contributed by atoms with Gasteiger partial charge in [0.2, 0.25) is 5.28 Å². The van der Waals surface area contributed by atoms with E-state index in [2.05, 4.69) is 4.98 Å². The van der Waals surface area contributed by atoms with E-state index in [0.29, 0.717) is 5.28 Å². The van der Waals surface area contributed by atoms with Crippen molar-refractivity contribution in [2.45, 2.75) is 0 Å². The van der Waals surface area contributed by atoms with Gasteiger partial charge in [0, 0.05) is 5.69 Å². The summed E-state index contributed by atoms with van der Waals surface area (Å²) in [6, 6.07) is 17.9. The Morgan fingerprint density at radius 1 is 0.875 bits per heavy atom. The van der Waals surface area contributed by atoms with Crippen LogP contribution >= 0.6 is 11.6 Å². The van der Waals surface area contributed by atoms with E-state index in [-0.39, 0.29) is 0 Å². The molecule has 0 saturated heterocycles. The van der Waals surface area contributed by atoms with Crippen molar-refractivity contribution in [3.05, 3.63) is 59.9 Å². The first kappa shape index (κ1) is 9.43. The maximum Gasteiger partial charge on any atom is 0.208 e. The van der Waals surface area contributed by atoms with Gasteiger partial charge in [0.25, 0.3) is 0 Å². The number of imidazole rings is 1. The van der Waals surface area contributed by atoms with Gasteiger partial charge in [-0.05, 0) is 35.9 Å². The van der Waals surface area contributed by atoms with Gasteiger partial charge in [-0.3, -0.25) is 4.57 Å². The number of hydrogen-bond donors (Lipinski definition) is 0. The van der Waals surface area contributed by atoms with Crippen LogP contribution in [0, 0.1) is 0 Å². The van der Waals surface area contributed by atoms with E-state index in [1.807, 2.05) is 59.2 Å². The molecule has 0 bridgehead atoms. The Balaban J connectivity index is 2.35. The highest BCUT2D eigenvalue weighted by Gasteiger charge is 2.08. The molecule has 0 aliphatic rings.